The molecule has 31 heavy (non-hydrogen) atoms. The summed E-state index contributed by atoms with van der Waals surface area (Å²) in [5, 5.41) is 12.5. The van der Waals surface area contributed by atoms with Crippen LogP contribution in [0.25, 0.3) is 10.4 Å². The van der Waals surface area contributed by atoms with Crippen molar-refractivity contribution in [3.05, 3.63) is 40.8 Å². The van der Waals surface area contributed by atoms with Crippen molar-refractivity contribution in [2.24, 2.45) is 11.0 Å². The Bertz CT molecular complexity index is 975. The average molecular weight is 427 g/mol. The van der Waals surface area contributed by atoms with E-state index in [9.17, 15) is 9.59 Å². The Kier molecular flexibility index (Phi) is 6.78. The number of carbonyl (C=O) groups is 2. The molecule has 0 saturated carbocycles. The van der Waals surface area contributed by atoms with E-state index >= 15 is 0 Å². The smallest absolute Gasteiger partial charge is 0.338 e. The molecule has 0 radical (unpaired) electrons. The minimum Gasteiger partial charge on any atom is -0.478 e. The van der Waals surface area contributed by atoms with Gasteiger partial charge in [0.05, 0.1) is 24.4 Å². The summed E-state index contributed by atoms with van der Waals surface area (Å²) in [6, 6.07) is -0.747. The highest BCUT2D eigenvalue weighted by molar-refractivity contribution is 5.87. The van der Waals surface area contributed by atoms with Gasteiger partial charge < -0.3 is 19.6 Å². The van der Waals surface area contributed by atoms with Gasteiger partial charge in [-0.3, -0.25) is 0 Å². The van der Waals surface area contributed by atoms with Gasteiger partial charge in [-0.05, 0) is 11.4 Å². The average Bonchev–Trinajstić information content (AvgIpc) is 2.78. The Balaban J connectivity index is 1.83. The Hall–Kier alpha value is -3.99. The minimum absolute atomic E-state index is 0.0464. The number of rotatable bonds is 7. The summed E-state index contributed by atoms with van der Waals surface area (Å²) in [6.45, 7) is 5.16. The van der Waals surface area contributed by atoms with Gasteiger partial charge in [0, 0.05) is 42.8 Å². The molecule has 0 bridgehead atoms. The molecule has 1 aliphatic heterocycles. The molecule has 0 amide bonds. The molecule has 1 N–H and O–H groups in total. The second-order valence-corrected chi connectivity index (χ2v) is 7.19. The lowest BCUT2D eigenvalue weighted by Gasteiger charge is -2.40. The molecule has 2 aromatic heterocycles. The lowest BCUT2D eigenvalue weighted by atomic mass is 10.1. The highest BCUT2D eigenvalue weighted by Crippen LogP contribution is 2.21. The fourth-order valence-corrected chi connectivity index (χ4v) is 2.91. The zero-order valence-corrected chi connectivity index (χ0v) is 17.0. The molecular weight excluding hydrogens is 406 g/mol. The van der Waals surface area contributed by atoms with E-state index in [0.29, 0.717) is 19.0 Å². The molecule has 1 aliphatic rings. The normalized spacial score (nSPS) is 16.0. The quantitative estimate of drug-likeness (QED) is 0.297. The number of aromatic carboxylic acids is 1. The molecule has 1 saturated heterocycles. The number of ether oxygens (including phenoxy) is 1. The van der Waals surface area contributed by atoms with Crippen LogP contribution in [0.15, 0.2) is 29.9 Å². The number of nitrogens with zero attached hydrogens (tertiary/aromatic N) is 9. The number of aromatic nitrogens is 4. The number of carboxylic acids is 1. The number of hydrogen-bond donors (Lipinski definition) is 1. The molecule has 13 nitrogen and oxygen atoms in total. The van der Waals surface area contributed by atoms with Gasteiger partial charge in [0.2, 0.25) is 11.9 Å². The number of carbonyl (C=O) groups excluding carboxylic acids is 1. The van der Waals surface area contributed by atoms with Crippen LogP contribution in [0.1, 0.15) is 24.2 Å². The van der Waals surface area contributed by atoms with Crippen molar-refractivity contribution in [3.8, 4) is 0 Å². The van der Waals surface area contributed by atoms with Crippen LogP contribution >= 0.6 is 0 Å². The van der Waals surface area contributed by atoms with Crippen molar-refractivity contribution in [1.29, 1.82) is 0 Å². The number of azide groups is 1. The maximum absolute atomic E-state index is 12.8. The summed E-state index contributed by atoms with van der Waals surface area (Å²) in [6.07, 6.45) is 5.19. The first-order chi connectivity index (χ1) is 14.9. The lowest BCUT2D eigenvalue weighted by Crippen LogP contribution is -2.58. The lowest BCUT2D eigenvalue weighted by molar-refractivity contribution is -0.146. The van der Waals surface area contributed by atoms with Gasteiger partial charge in [-0.2, -0.15) is 0 Å². The number of carboxylic acid groups (broad SMARTS) is 1. The van der Waals surface area contributed by atoms with Crippen molar-refractivity contribution < 1.29 is 19.4 Å². The maximum atomic E-state index is 12.8. The first kappa shape index (κ1) is 21.7. The summed E-state index contributed by atoms with van der Waals surface area (Å²) in [7, 11) is 0. The standard InChI is InChI=1S/C18H21N9O4/c1-11(2)10-31-16(30)14-9-26(17-22-7-13(8-23-17)24-25-19)3-4-27(14)18-20-5-12(6-21-18)15(28)29/h5-8,11,14H,3-4,9-10H2,1-2H3,(H,28,29). The molecule has 1 unspecified atom stereocenters. The number of hydrogen-bond acceptors (Lipinski definition) is 10. The zero-order valence-electron chi connectivity index (χ0n) is 17.0. The van der Waals surface area contributed by atoms with E-state index in [-0.39, 0.29) is 36.3 Å². The van der Waals surface area contributed by atoms with Crippen LogP contribution in [0, 0.1) is 5.92 Å². The second kappa shape index (κ2) is 9.67. The van der Waals surface area contributed by atoms with E-state index in [4.69, 9.17) is 15.4 Å². The first-order valence-corrected chi connectivity index (χ1v) is 9.49. The van der Waals surface area contributed by atoms with Crippen molar-refractivity contribution in [2.45, 2.75) is 19.9 Å². The van der Waals surface area contributed by atoms with Gasteiger partial charge in [-0.25, -0.2) is 29.5 Å². The molecule has 3 heterocycles. The molecule has 0 spiro atoms. The van der Waals surface area contributed by atoms with Crippen LogP contribution in [-0.2, 0) is 9.53 Å². The summed E-state index contributed by atoms with van der Waals surface area (Å²) >= 11 is 0. The molecule has 2 aromatic rings. The number of piperazine rings is 1. The monoisotopic (exact) mass is 427 g/mol. The van der Waals surface area contributed by atoms with E-state index in [1.165, 1.54) is 24.8 Å². The zero-order chi connectivity index (χ0) is 22.4. The fraction of sp³-hybridized carbons (Fsp3) is 0.444. The second-order valence-electron chi connectivity index (χ2n) is 7.19. The fourth-order valence-electron chi connectivity index (χ4n) is 2.91. The molecule has 0 aromatic carbocycles. The number of esters is 1. The summed E-state index contributed by atoms with van der Waals surface area (Å²) in [4.78, 5) is 46.7. The third-order valence-electron chi connectivity index (χ3n) is 4.42. The van der Waals surface area contributed by atoms with Crippen LogP contribution in [0.2, 0.25) is 0 Å². The van der Waals surface area contributed by atoms with Gasteiger partial charge in [0.15, 0.2) is 0 Å². The Morgan fingerprint density at radius 3 is 2.42 bits per heavy atom. The minimum atomic E-state index is -1.13. The van der Waals surface area contributed by atoms with Gasteiger partial charge in [-0.15, -0.1) is 0 Å². The van der Waals surface area contributed by atoms with Crippen molar-refractivity contribution in [1.82, 2.24) is 19.9 Å². The Labute approximate surface area is 177 Å². The number of anilines is 2. The van der Waals surface area contributed by atoms with Crippen LogP contribution in [0.5, 0.6) is 0 Å². The van der Waals surface area contributed by atoms with Crippen molar-refractivity contribution in [3.63, 3.8) is 0 Å². The molecule has 162 valence electrons. The van der Waals surface area contributed by atoms with E-state index in [1.807, 2.05) is 18.7 Å². The van der Waals surface area contributed by atoms with Gasteiger partial charge >= 0.3 is 11.9 Å². The van der Waals surface area contributed by atoms with Gasteiger partial charge in [-0.1, -0.05) is 19.0 Å². The maximum Gasteiger partial charge on any atom is 0.338 e. The Morgan fingerprint density at radius 1 is 1.19 bits per heavy atom. The molecule has 3 rings (SSSR count). The van der Waals surface area contributed by atoms with Crippen LogP contribution in [0.3, 0.4) is 0 Å². The molecule has 1 atom stereocenters. The molecule has 1 fully saturated rings. The van der Waals surface area contributed by atoms with E-state index < -0.39 is 18.0 Å². The predicted octanol–water partition coefficient (Wildman–Crippen LogP) is 1.80. The topological polar surface area (TPSA) is 170 Å². The van der Waals surface area contributed by atoms with E-state index in [1.54, 1.807) is 4.90 Å². The van der Waals surface area contributed by atoms with Crippen LogP contribution in [0.4, 0.5) is 17.6 Å². The van der Waals surface area contributed by atoms with Crippen LogP contribution < -0.4 is 9.80 Å². The summed E-state index contributed by atoms with van der Waals surface area (Å²) in [5.74, 6) is -0.809. The SMILES string of the molecule is CC(C)COC(=O)C1CN(c2ncc(N=[N+]=[N-])cn2)CCN1c1ncc(C(=O)O)cn1. The highest BCUT2D eigenvalue weighted by atomic mass is 16.5. The third-order valence-corrected chi connectivity index (χ3v) is 4.42. The molecular formula is C18H21N9O4. The predicted molar refractivity (Wildman–Crippen MR) is 109 cm³/mol. The summed E-state index contributed by atoms with van der Waals surface area (Å²) < 4.78 is 5.44. The van der Waals surface area contributed by atoms with Gasteiger partial charge in [0.25, 0.3) is 0 Å². The van der Waals surface area contributed by atoms with Crippen molar-refractivity contribution in [2.75, 3.05) is 36.0 Å². The molecule has 13 heteroatoms. The van der Waals surface area contributed by atoms with Gasteiger partial charge in [0.1, 0.15) is 6.04 Å². The van der Waals surface area contributed by atoms with E-state index in [2.05, 4.69) is 30.0 Å². The van der Waals surface area contributed by atoms with Crippen LogP contribution in [-0.4, -0.2) is 69.3 Å². The third kappa shape index (κ3) is 5.34. The largest absolute Gasteiger partial charge is 0.478 e. The first-order valence-electron chi connectivity index (χ1n) is 9.49. The van der Waals surface area contributed by atoms with Crippen molar-refractivity contribution >= 4 is 29.5 Å². The molecule has 0 aliphatic carbocycles. The highest BCUT2D eigenvalue weighted by Gasteiger charge is 2.36. The summed E-state index contributed by atoms with van der Waals surface area (Å²) in [5.41, 5.74) is 8.73. The Morgan fingerprint density at radius 2 is 1.84 bits per heavy atom. The van der Waals surface area contributed by atoms with E-state index in [0.717, 1.165) is 0 Å².